The maximum Gasteiger partial charge on any atom is 0.258 e. The van der Waals surface area contributed by atoms with Gasteiger partial charge < -0.3 is 10.1 Å². The SMILES string of the molecule is Cc1cc(C)cc(N2C(=O)C[C@H](Sc3nc(O)c(C)c(=O)[nH]3)C2=O)c1. The average Bonchev–Trinajstić information content (AvgIpc) is 2.78. The van der Waals surface area contributed by atoms with Crippen molar-refractivity contribution >= 4 is 29.3 Å². The number of aromatic nitrogens is 2. The Kier molecular flexibility index (Phi) is 4.38. The quantitative estimate of drug-likeness (QED) is 0.640. The van der Waals surface area contributed by atoms with Crippen LogP contribution < -0.4 is 10.5 Å². The second-order valence-corrected chi connectivity index (χ2v) is 7.24. The number of amides is 2. The predicted molar refractivity (Wildman–Crippen MR) is 93.9 cm³/mol. The molecule has 0 bridgehead atoms. The Bertz CT molecular complexity index is 918. The van der Waals surface area contributed by atoms with Crippen LogP contribution >= 0.6 is 11.8 Å². The molecule has 0 radical (unpaired) electrons. The van der Waals surface area contributed by atoms with E-state index in [1.807, 2.05) is 19.9 Å². The minimum atomic E-state index is -0.696. The number of nitrogens with one attached hydrogen (secondary N) is 1. The van der Waals surface area contributed by atoms with E-state index in [1.165, 1.54) is 11.8 Å². The van der Waals surface area contributed by atoms with Crippen LogP contribution in [-0.4, -0.2) is 32.1 Å². The fraction of sp³-hybridized carbons (Fsp3) is 0.294. The molecule has 1 aliphatic heterocycles. The molecule has 25 heavy (non-hydrogen) atoms. The highest BCUT2D eigenvalue weighted by molar-refractivity contribution is 8.00. The first-order chi connectivity index (χ1) is 11.8. The number of carbonyl (C=O) groups is 2. The summed E-state index contributed by atoms with van der Waals surface area (Å²) in [5.74, 6) is -1.04. The Hall–Kier alpha value is -2.61. The molecule has 1 aliphatic rings. The van der Waals surface area contributed by atoms with Gasteiger partial charge in [-0.2, -0.15) is 4.98 Å². The van der Waals surface area contributed by atoms with E-state index >= 15 is 0 Å². The molecule has 1 aromatic carbocycles. The summed E-state index contributed by atoms with van der Waals surface area (Å²) < 4.78 is 0. The maximum absolute atomic E-state index is 12.7. The molecule has 3 rings (SSSR count). The molecule has 1 fully saturated rings. The highest BCUT2D eigenvalue weighted by Crippen LogP contribution is 2.33. The Morgan fingerprint density at radius 1 is 1.16 bits per heavy atom. The lowest BCUT2D eigenvalue weighted by Crippen LogP contribution is -2.31. The Morgan fingerprint density at radius 2 is 1.80 bits per heavy atom. The standard InChI is InChI=1S/C17H17N3O4S/c1-8-4-9(2)6-11(5-8)20-13(21)7-12(16(20)24)25-17-18-14(22)10(3)15(23)19-17/h4-6,12H,7H2,1-3H3,(H2,18,19,22,23)/t12-/m0/s1. The second kappa shape index (κ2) is 6.36. The van der Waals surface area contributed by atoms with Crippen molar-refractivity contribution in [1.82, 2.24) is 9.97 Å². The molecule has 2 amide bonds. The van der Waals surface area contributed by atoms with Gasteiger partial charge in [-0.1, -0.05) is 17.8 Å². The van der Waals surface area contributed by atoms with Crippen LogP contribution in [0.5, 0.6) is 5.88 Å². The molecule has 2 heterocycles. The van der Waals surface area contributed by atoms with Gasteiger partial charge in [-0.25, -0.2) is 4.90 Å². The van der Waals surface area contributed by atoms with Crippen LogP contribution in [0, 0.1) is 20.8 Å². The van der Waals surface area contributed by atoms with Gasteiger partial charge in [0.05, 0.1) is 11.3 Å². The van der Waals surface area contributed by atoms with Gasteiger partial charge in [0, 0.05) is 6.42 Å². The average molecular weight is 359 g/mol. The summed E-state index contributed by atoms with van der Waals surface area (Å²) in [5, 5.41) is 9.07. The summed E-state index contributed by atoms with van der Waals surface area (Å²) in [4.78, 5) is 44.3. The molecular weight excluding hydrogens is 342 g/mol. The molecule has 0 aliphatic carbocycles. The summed E-state index contributed by atoms with van der Waals surface area (Å²) in [6, 6.07) is 5.53. The zero-order chi connectivity index (χ0) is 18.3. The molecule has 8 heteroatoms. The Morgan fingerprint density at radius 3 is 2.40 bits per heavy atom. The minimum Gasteiger partial charge on any atom is -0.493 e. The van der Waals surface area contributed by atoms with E-state index in [-0.39, 0.29) is 34.8 Å². The topological polar surface area (TPSA) is 103 Å². The smallest absolute Gasteiger partial charge is 0.258 e. The summed E-state index contributed by atoms with van der Waals surface area (Å²) in [7, 11) is 0. The van der Waals surface area contributed by atoms with Gasteiger partial charge in [0.1, 0.15) is 5.25 Å². The van der Waals surface area contributed by atoms with Gasteiger partial charge >= 0.3 is 0 Å². The van der Waals surface area contributed by atoms with Gasteiger partial charge in [0.15, 0.2) is 5.16 Å². The first-order valence-electron chi connectivity index (χ1n) is 7.68. The number of aromatic hydroxyl groups is 1. The van der Waals surface area contributed by atoms with Crippen molar-refractivity contribution in [2.75, 3.05) is 4.90 Å². The molecule has 1 saturated heterocycles. The highest BCUT2D eigenvalue weighted by Gasteiger charge is 2.40. The van der Waals surface area contributed by atoms with Crippen molar-refractivity contribution in [2.24, 2.45) is 0 Å². The normalized spacial score (nSPS) is 17.4. The molecule has 130 valence electrons. The van der Waals surface area contributed by atoms with Crippen molar-refractivity contribution in [3.05, 3.63) is 45.2 Å². The minimum absolute atomic E-state index is 0.00877. The first kappa shape index (κ1) is 17.2. The second-order valence-electron chi connectivity index (χ2n) is 6.04. The Labute approximate surface area is 148 Å². The summed E-state index contributed by atoms with van der Waals surface area (Å²) >= 11 is 0.968. The number of hydrogen-bond acceptors (Lipinski definition) is 6. The van der Waals surface area contributed by atoms with Gasteiger partial charge in [-0.05, 0) is 44.0 Å². The van der Waals surface area contributed by atoms with E-state index in [2.05, 4.69) is 9.97 Å². The van der Waals surface area contributed by atoms with E-state index in [0.717, 1.165) is 22.9 Å². The van der Waals surface area contributed by atoms with Crippen LogP contribution in [0.25, 0.3) is 0 Å². The van der Waals surface area contributed by atoms with Gasteiger partial charge in [0.25, 0.3) is 5.56 Å². The van der Waals surface area contributed by atoms with Crippen LogP contribution in [0.3, 0.4) is 0 Å². The van der Waals surface area contributed by atoms with Crippen molar-refractivity contribution < 1.29 is 14.7 Å². The van der Waals surface area contributed by atoms with E-state index in [1.54, 1.807) is 12.1 Å². The number of thioether (sulfide) groups is 1. The third-order valence-electron chi connectivity index (χ3n) is 3.93. The lowest BCUT2D eigenvalue weighted by Gasteiger charge is -2.16. The summed E-state index contributed by atoms with van der Waals surface area (Å²) in [5.41, 5.74) is 2.10. The van der Waals surface area contributed by atoms with E-state index in [4.69, 9.17) is 0 Å². The van der Waals surface area contributed by atoms with Crippen LogP contribution in [0.2, 0.25) is 0 Å². The zero-order valence-corrected chi connectivity index (χ0v) is 14.8. The van der Waals surface area contributed by atoms with Crippen LogP contribution in [0.15, 0.2) is 28.2 Å². The molecule has 2 aromatic rings. The fourth-order valence-corrected chi connectivity index (χ4v) is 3.73. The predicted octanol–water partition coefficient (Wildman–Crippen LogP) is 1.82. The molecule has 0 saturated carbocycles. The van der Waals surface area contributed by atoms with Crippen molar-refractivity contribution in [3.8, 4) is 5.88 Å². The van der Waals surface area contributed by atoms with Gasteiger partial charge in [-0.15, -0.1) is 0 Å². The number of imide groups is 1. The van der Waals surface area contributed by atoms with Crippen LogP contribution in [-0.2, 0) is 9.59 Å². The molecule has 7 nitrogen and oxygen atoms in total. The largest absolute Gasteiger partial charge is 0.493 e. The number of H-pyrrole nitrogens is 1. The molecular formula is C17H17N3O4S. The zero-order valence-electron chi connectivity index (χ0n) is 14.0. The van der Waals surface area contributed by atoms with Crippen LogP contribution in [0.4, 0.5) is 5.69 Å². The fourth-order valence-electron chi connectivity index (χ4n) is 2.74. The van der Waals surface area contributed by atoms with Crippen molar-refractivity contribution in [3.63, 3.8) is 0 Å². The van der Waals surface area contributed by atoms with Crippen LogP contribution in [0.1, 0.15) is 23.1 Å². The third kappa shape index (κ3) is 3.30. The maximum atomic E-state index is 12.7. The lowest BCUT2D eigenvalue weighted by molar-refractivity contribution is -0.121. The number of carbonyl (C=O) groups excluding carboxylic acids is 2. The number of aryl methyl sites for hydroxylation is 2. The summed E-state index contributed by atoms with van der Waals surface area (Å²) in [6.07, 6.45) is 0.00877. The number of nitrogens with zero attached hydrogens (tertiary/aromatic N) is 2. The summed E-state index contributed by atoms with van der Waals surface area (Å²) in [6.45, 7) is 5.25. The number of anilines is 1. The van der Waals surface area contributed by atoms with Gasteiger partial charge in [-0.3, -0.25) is 14.4 Å². The number of hydrogen-bond donors (Lipinski definition) is 2. The highest BCUT2D eigenvalue weighted by atomic mass is 32.2. The first-order valence-corrected chi connectivity index (χ1v) is 8.56. The van der Waals surface area contributed by atoms with E-state index < -0.39 is 10.8 Å². The Balaban J connectivity index is 1.88. The monoisotopic (exact) mass is 359 g/mol. The van der Waals surface area contributed by atoms with Crippen molar-refractivity contribution in [2.45, 2.75) is 37.6 Å². The lowest BCUT2D eigenvalue weighted by atomic mass is 10.1. The third-order valence-corrected chi connectivity index (χ3v) is 5.00. The molecule has 0 unspecified atom stereocenters. The van der Waals surface area contributed by atoms with Gasteiger partial charge in [0.2, 0.25) is 17.7 Å². The molecule has 0 spiro atoms. The number of rotatable bonds is 3. The number of benzene rings is 1. The number of aromatic amines is 1. The molecule has 2 N–H and O–H groups in total. The van der Waals surface area contributed by atoms with E-state index in [0.29, 0.717) is 5.69 Å². The molecule has 1 aromatic heterocycles. The van der Waals surface area contributed by atoms with Crippen molar-refractivity contribution in [1.29, 1.82) is 0 Å². The molecule has 1 atom stereocenters. The van der Waals surface area contributed by atoms with E-state index in [9.17, 15) is 19.5 Å².